The van der Waals surface area contributed by atoms with E-state index in [9.17, 15) is 0 Å². The lowest BCUT2D eigenvalue weighted by atomic mass is 10.1. The first-order valence-corrected chi connectivity index (χ1v) is 8.65. The zero-order valence-electron chi connectivity index (χ0n) is 13.5. The monoisotopic (exact) mass is 335 g/mol. The standard InChI is InChI=1S/C19H17N3OS/c1-12-16-18(22-13(2)15-9-6-10-23-15)20-11-21-19(16)24-17(12)14-7-4-3-5-8-14/h3-11,13H,1-2H3,(H,20,21,22)/t13-/m1/s1. The zero-order valence-corrected chi connectivity index (χ0v) is 14.3. The third kappa shape index (κ3) is 2.57. The molecule has 0 bridgehead atoms. The van der Waals surface area contributed by atoms with Crippen LogP contribution in [0.5, 0.6) is 0 Å². The smallest absolute Gasteiger partial charge is 0.139 e. The van der Waals surface area contributed by atoms with E-state index in [1.807, 2.05) is 18.2 Å². The largest absolute Gasteiger partial charge is 0.467 e. The lowest BCUT2D eigenvalue weighted by Gasteiger charge is -2.13. The number of rotatable bonds is 4. The second-order valence-corrected chi connectivity index (χ2v) is 6.71. The maximum Gasteiger partial charge on any atom is 0.139 e. The number of thiophene rings is 1. The van der Waals surface area contributed by atoms with Crippen molar-refractivity contribution in [1.82, 2.24) is 9.97 Å². The summed E-state index contributed by atoms with van der Waals surface area (Å²) in [5.74, 6) is 1.73. The van der Waals surface area contributed by atoms with Crippen LogP contribution in [-0.2, 0) is 0 Å². The van der Waals surface area contributed by atoms with Crippen LogP contribution < -0.4 is 5.32 Å². The third-order valence-electron chi connectivity index (χ3n) is 4.09. The molecule has 0 aliphatic rings. The maximum atomic E-state index is 5.48. The molecule has 0 unspecified atom stereocenters. The van der Waals surface area contributed by atoms with Gasteiger partial charge in [-0.15, -0.1) is 11.3 Å². The zero-order chi connectivity index (χ0) is 16.5. The van der Waals surface area contributed by atoms with Gasteiger partial charge >= 0.3 is 0 Å². The van der Waals surface area contributed by atoms with Crippen molar-refractivity contribution in [2.45, 2.75) is 19.9 Å². The molecule has 5 heteroatoms. The van der Waals surface area contributed by atoms with Crippen molar-refractivity contribution in [3.63, 3.8) is 0 Å². The summed E-state index contributed by atoms with van der Waals surface area (Å²) in [6, 6.07) is 14.3. The van der Waals surface area contributed by atoms with Gasteiger partial charge in [0.05, 0.1) is 17.7 Å². The van der Waals surface area contributed by atoms with Crippen LogP contribution in [0.1, 0.15) is 24.3 Å². The van der Waals surface area contributed by atoms with Gasteiger partial charge in [0, 0.05) is 4.88 Å². The Balaban J connectivity index is 1.78. The van der Waals surface area contributed by atoms with E-state index in [0.29, 0.717) is 0 Å². The van der Waals surface area contributed by atoms with Crippen LogP contribution in [0.15, 0.2) is 59.5 Å². The molecule has 4 rings (SSSR count). The quantitative estimate of drug-likeness (QED) is 0.540. The number of benzene rings is 1. The summed E-state index contributed by atoms with van der Waals surface area (Å²) in [5, 5.41) is 4.54. The molecule has 0 amide bonds. The van der Waals surface area contributed by atoms with Gasteiger partial charge in [-0.2, -0.15) is 0 Å². The van der Waals surface area contributed by atoms with Crippen LogP contribution in [0.3, 0.4) is 0 Å². The number of hydrogen-bond acceptors (Lipinski definition) is 5. The van der Waals surface area contributed by atoms with E-state index in [0.717, 1.165) is 21.8 Å². The topological polar surface area (TPSA) is 51.0 Å². The summed E-state index contributed by atoms with van der Waals surface area (Å²) in [6.45, 7) is 4.19. The van der Waals surface area contributed by atoms with Crippen molar-refractivity contribution in [2.75, 3.05) is 5.32 Å². The van der Waals surface area contributed by atoms with Crippen LogP contribution in [-0.4, -0.2) is 9.97 Å². The fraction of sp³-hybridized carbons (Fsp3) is 0.158. The van der Waals surface area contributed by atoms with Gasteiger partial charge in [-0.05, 0) is 37.1 Å². The molecule has 0 fully saturated rings. The number of aryl methyl sites for hydroxylation is 1. The SMILES string of the molecule is Cc1c(-c2ccccc2)sc2ncnc(N[C@H](C)c3ccco3)c12. The molecule has 1 N–H and O–H groups in total. The van der Waals surface area contributed by atoms with Crippen molar-refractivity contribution in [1.29, 1.82) is 0 Å². The Labute approximate surface area is 144 Å². The number of nitrogens with one attached hydrogen (secondary N) is 1. The highest BCUT2D eigenvalue weighted by molar-refractivity contribution is 7.22. The molecule has 1 aromatic carbocycles. The van der Waals surface area contributed by atoms with Gasteiger partial charge in [0.25, 0.3) is 0 Å². The fourth-order valence-electron chi connectivity index (χ4n) is 2.86. The molecule has 4 aromatic rings. The van der Waals surface area contributed by atoms with E-state index in [1.165, 1.54) is 16.0 Å². The van der Waals surface area contributed by atoms with Crippen LogP contribution >= 0.6 is 11.3 Å². The summed E-state index contributed by atoms with van der Waals surface area (Å²) in [4.78, 5) is 11.2. The minimum absolute atomic E-state index is 0.0394. The van der Waals surface area contributed by atoms with Crippen molar-refractivity contribution < 1.29 is 4.42 Å². The van der Waals surface area contributed by atoms with Gasteiger partial charge in [0.15, 0.2) is 0 Å². The Morgan fingerprint density at radius 2 is 1.92 bits per heavy atom. The lowest BCUT2D eigenvalue weighted by molar-refractivity contribution is 0.490. The lowest BCUT2D eigenvalue weighted by Crippen LogP contribution is -2.07. The number of hydrogen-bond donors (Lipinski definition) is 1. The van der Waals surface area contributed by atoms with Crippen molar-refractivity contribution >= 4 is 27.4 Å². The third-order valence-corrected chi connectivity index (χ3v) is 5.33. The Morgan fingerprint density at radius 3 is 2.67 bits per heavy atom. The Kier molecular flexibility index (Phi) is 3.78. The molecule has 0 spiro atoms. The molecule has 0 aliphatic carbocycles. The molecule has 0 saturated heterocycles. The molecule has 120 valence electrons. The summed E-state index contributed by atoms with van der Waals surface area (Å²) in [6.07, 6.45) is 3.30. The maximum absolute atomic E-state index is 5.48. The molecule has 3 aromatic heterocycles. The average Bonchev–Trinajstić information content (AvgIpc) is 3.25. The summed E-state index contributed by atoms with van der Waals surface area (Å²) in [7, 11) is 0. The molecular weight excluding hydrogens is 318 g/mol. The average molecular weight is 335 g/mol. The first kappa shape index (κ1) is 14.9. The fourth-order valence-corrected chi connectivity index (χ4v) is 4.01. The van der Waals surface area contributed by atoms with Gasteiger partial charge in [0.2, 0.25) is 0 Å². The van der Waals surface area contributed by atoms with Gasteiger partial charge in [-0.3, -0.25) is 0 Å². The first-order valence-electron chi connectivity index (χ1n) is 7.83. The number of furan rings is 1. The van der Waals surface area contributed by atoms with E-state index >= 15 is 0 Å². The minimum atomic E-state index is 0.0394. The number of nitrogens with zero attached hydrogens (tertiary/aromatic N) is 2. The molecule has 0 aliphatic heterocycles. The Bertz CT molecular complexity index is 961. The predicted molar refractivity (Wildman–Crippen MR) is 98.3 cm³/mol. The number of anilines is 1. The molecule has 3 heterocycles. The van der Waals surface area contributed by atoms with Crippen molar-refractivity contribution in [3.05, 3.63) is 66.4 Å². The highest BCUT2D eigenvalue weighted by Crippen LogP contribution is 2.40. The van der Waals surface area contributed by atoms with E-state index in [2.05, 4.69) is 53.4 Å². The number of aromatic nitrogens is 2. The molecule has 0 radical (unpaired) electrons. The van der Waals surface area contributed by atoms with Crippen LogP contribution in [0, 0.1) is 6.92 Å². The van der Waals surface area contributed by atoms with E-state index in [4.69, 9.17) is 4.42 Å². The van der Waals surface area contributed by atoms with E-state index in [1.54, 1.807) is 23.9 Å². The predicted octanol–water partition coefficient (Wildman–Crippen LogP) is 5.43. The van der Waals surface area contributed by atoms with Crippen molar-refractivity contribution in [3.8, 4) is 10.4 Å². The normalized spacial score (nSPS) is 12.4. The van der Waals surface area contributed by atoms with E-state index < -0.39 is 0 Å². The number of fused-ring (bicyclic) bond motifs is 1. The van der Waals surface area contributed by atoms with Gasteiger partial charge in [-0.25, -0.2) is 9.97 Å². The highest BCUT2D eigenvalue weighted by Gasteiger charge is 2.17. The minimum Gasteiger partial charge on any atom is -0.467 e. The summed E-state index contributed by atoms with van der Waals surface area (Å²) in [5.41, 5.74) is 2.42. The van der Waals surface area contributed by atoms with Crippen LogP contribution in [0.25, 0.3) is 20.7 Å². The molecule has 1 atom stereocenters. The second-order valence-electron chi connectivity index (χ2n) is 5.71. The highest BCUT2D eigenvalue weighted by atomic mass is 32.1. The molecule has 4 nitrogen and oxygen atoms in total. The van der Waals surface area contributed by atoms with E-state index in [-0.39, 0.29) is 6.04 Å². The second kappa shape index (κ2) is 6.09. The molecule has 24 heavy (non-hydrogen) atoms. The van der Waals surface area contributed by atoms with Crippen LogP contribution in [0.2, 0.25) is 0 Å². The van der Waals surface area contributed by atoms with Gasteiger partial charge < -0.3 is 9.73 Å². The Morgan fingerprint density at radius 1 is 1.08 bits per heavy atom. The first-order chi connectivity index (χ1) is 11.7. The summed E-state index contributed by atoms with van der Waals surface area (Å²) >= 11 is 1.70. The molecular formula is C19H17N3OS. The Hall–Kier alpha value is -2.66. The van der Waals surface area contributed by atoms with Gasteiger partial charge in [0.1, 0.15) is 22.7 Å². The van der Waals surface area contributed by atoms with Crippen molar-refractivity contribution in [2.24, 2.45) is 0 Å². The van der Waals surface area contributed by atoms with Gasteiger partial charge in [-0.1, -0.05) is 30.3 Å². The molecule has 0 saturated carbocycles. The summed E-state index contributed by atoms with van der Waals surface area (Å²) < 4.78 is 5.48. The van der Waals surface area contributed by atoms with Crippen LogP contribution in [0.4, 0.5) is 5.82 Å².